The number of ether oxygens (including phenoxy) is 1. The van der Waals surface area contributed by atoms with Gasteiger partial charge in [-0.1, -0.05) is 12.1 Å². The molecule has 0 saturated heterocycles. The minimum atomic E-state index is -0.205. The third kappa shape index (κ3) is 5.73. The van der Waals surface area contributed by atoms with Gasteiger partial charge in [0.05, 0.1) is 12.6 Å². The van der Waals surface area contributed by atoms with Gasteiger partial charge in [-0.3, -0.25) is 9.69 Å². The Bertz CT molecular complexity index is 449. The second-order valence-electron chi connectivity index (χ2n) is 5.47. The van der Waals surface area contributed by atoms with Crippen molar-refractivity contribution in [2.75, 3.05) is 26.0 Å². The van der Waals surface area contributed by atoms with Crippen LogP contribution >= 0.6 is 0 Å². The summed E-state index contributed by atoms with van der Waals surface area (Å²) in [6.07, 6.45) is 0. The Balaban J connectivity index is 2.69. The summed E-state index contributed by atoms with van der Waals surface area (Å²) < 4.78 is 4.95. The van der Waals surface area contributed by atoms with Gasteiger partial charge in [-0.05, 0) is 38.5 Å². The molecule has 1 unspecified atom stereocenters. The van der Waals surface area contributed by atoms with E-state index in [9.17, 15) is 4.79 Å². The maximum atomic E-state index is 12.2. The standard InChI is InChI=1S/C16H27N3O2/c1-12(2)19(11-14-6-5-7-15(17)10-14)13(3)16(20)18-8-9-21-4/h5-7,10,12-13H,8-9,11,17H2,1-4H3,(H,18,20). The van der Waals surface area contributed by atoms with E-state index in [1.165, 1.54) is 0 Å². The zero-order valence-corrected chi connectivity index (χ0v) is 13.4. The van der Waals surface area contributed by atoms with Crippen LogP contribution in [-0.4, -0.2) is 43.2 Å². The number of carbonyl (C=O) groups is 1. The molecule has 0 saturated carbocycles. The van der Waals surface area contributed by atoms with Crippen molar-refractivity contribution in [1.29, 1.82) is 0 Å². The molecule has 0 radical (unpaired) electrons. The van der Waals surface area contributed by atoms with Crippen LogP contribution in [0.1, 0.15) is 26.3 Å². The molecule has 0 aliphatic rings. The summed E-state index contributed by atoms with van der Waals surface area (Å²) in [6, 6.07) is 7.83. The Morgan fingerprint density at radius 2 is 2.10 bits per heavy atom. The normalized spacial score (nSPS) is 12.7. The SMILES string of the molecule is COCCNC(=O)C(C)N(Cc1cccc(N)c1)C(C)C. The Hall–Kier alpha value is -1.59. The van der Waals surface area contributed by atoms with E-state index in [1.807, 2.05) is 31.2 Å². The molecule has 118 valence electrons. The second kappa shape index (κ2) is 8.64. The molecule has 1 amide bonds. The third-order valence-electron chi connectivity index (χ3n) is 3.46. The molecule has 21 heavy (non-hydrogen) atoms. The lowest BCUT2D eigenvalue weighted by atomic mass is 10.1. The number of nitrogens with two attached hydrogens (primary N) is 1. The Kier molecular flexibility index (Phi) is 7.19. The van der Waals surface area contributed by atoms with Gasteiger partial charge < -0.3 is 15.8 Å². The fraction of sp³-hybridized carbons (Fsp3) is 0.562. The van der Waals surface area contributed by atoms with E-state index in [-0.39, 0.29) is 18.0 Å². The van der Waals surface area contributed by atoms with Gasteiger partial charge in [-0.15, -0.1) is 0 Å². The Morgan fingerprint density at radius 3 is 2.67 bits per heavy atom. The molecule has 0 fully saturated rings. The highest BCUT2D eigenvalue weighted by Gasteiger charge is 2.23. The lowest BCUT2D eigenvalue weighted by Crippen LogP contribution is -2.48. The van der Waals surface area contributed by atoms with Crippen LogP contribution in [0.5, 0.6) is 0 Å². The van der Waals surface area contributed by atoms with Crippen molar-refractivity contribution in [3.8, 4) is 0 Å². The predicted octanol–water partition coefficient (Wildman–Crippen LogP) is 1.63. The molecule has 1 atom stereocenters. The second-order valence-corrected chi connectivity index (χ2v) is 5.47. The van der Waals surface area contributed by atoms with Crippen molar-refractivity contribution < 1.29 is 9.53 Å². The number of hydrogen-bond donors (Lipinski definition) is 2. The van der Waals surface area contributed by atoms with E-state index in [0.29, 0.717) is 19.7 Å². The number of hydrogen-bond acceptors (Lipinski definition) is 4. The van der Waals surface area contributed by atoms with Crippen molar-refractivity contribution in [3.63, 3.8) is 0 Å². The third-order valence-corrected chi connectivity index (χ3v) is 3.46. The molecule has 0 bridgehead atoms. The van der Waals surface area contributed by atoms with Gasteiger partial charge in [0.1, 0.15) is 0 Å². The molecule has 5 heteroatoms. The van der Waals surface area contributed by atoms with Gasteiger partial charge in [-0.25, -0.2) is 0 Å². The van der Waals surface area contributed by atoms with Crippen molar-refractivity contribution in [2.24, 2.45) is 0 Å². The smallest absolute Gasteiger partial charge is 0.237 e. The van der Waals surface area contributed by atoms with Crippen LogP contribution in [-0.2, 0) is 16.1 Å². The number of nitrogen functional groups attached to an aromatic ring is 1. The molecule has 3 N–H and O–H groups in total. The number of nitrogens with zero attached hydrogens (tertiary/aromatic N) is 1. The largest absolute Gasteiger partial charge is 0.399 e. The molecular formula is C16H27N3O2. The lowest BCUT2D eigenvalue weighted by molar-refractivity contribution is -0.127. The highest BCUT2D eigenvalue weighted by atomic mass is 16.5. The van der Waals surface area contributed by atoms with Crippen LogP contribution in [0.4, 0.5) is 5.69 Å². The minimum absolute atomic E-state index is 0.0182. The number of anilines is 1. The van der Waals surface area contributed by atoms with Crippen molar-refractivity contribution in [1.82, 2.24) is 10.2 Å². The molecule has 5 nitrogen and oxygen atoms in total. The first-order chi connectivity index (χ1) is 9.95. The summed E-state index contributed by atoms with van der Waals surface area (Å²) in [4.78, 5) is 14.3. The van der Waals surface area contributed by atoms with Crippen molar-refractivity contribution >= 4 is 11.6 Å². The zero-order chi connectivity index (χ0) is 15.8. The van der Waals surface area contributed by atoms with Crippen LogP contribution in [0.2, 0.25) is 0 Å². The maximum absolute atomic E-state index is 12.2. The fourth-order valence-corrected chi connectivity index (χ4v) is 2.24. The van der Waals surface area contributed by atoms with E-state index in [2.05, 4.69) is 24.1 Å². The van der Waals surface area contributed by atoms with E-state index < -0.39 is 0 Å². The topological polar surface area (TPSA) is 67.6 Å². The van der Waals surface area contributed by atoms with E-state index in [1.54, 1.807) is 7.11 Å². The molecule has 1 aromatic rings. The summed E-state index contributed by atoms with van der Waals surface area (Å²) in [7, 11) is 1.62. The van der Waals surface area contributed by atoms with Crippen LogP contribution in [0.25, 0.3) is 0 Å². The zero-order valence-electron chi connectivity index (χ0n) is 13.4. The van der Waals surface area contributed by atoms with Gasteiger partial charge in [-0.2, -0.15) is 0 Å². The van der Waals surface area contributed by atoms with Crippen LogP contribution in [0.3, 0.4) is 0 Å². The molecule has 0 spiro atoms. The number of carbonyl (C=O) groups excluding carboxylic acids is 1. The monoisotopic (exact) mass is 293 g/mol. The van der Waals surface area contributed by atoms with Gasteiger partial charge in [0.15, 0.2) is 0 Å². The predicted molar refractivity (Wildman–Crippen MR) is 85.9 cm³/mol. The van der Waals surface area contributed by atoms with Gasteiger partial charge in [0.25, 0.3) is 0 Å². The average Bonchev–Trinajstić information content (AvgIpc) is 2.44. The average molecular weight is 293 g/mol. The Labute approximate surface area is 127 Å². The van der Waals surface area contributed by atoms with E-state index >= 15 is 0 Å². The number of amides is 1. The van der Waals surface area contributed by atoms with Crippen LogP contribution in [0, 0.1) is 0 Å². The summed E-state index contributed by atoms with van der Waals surface area (Å²) in [5, 5.41) is 2.89. The van der Waals surface area contributed by atoms with Gasteiger partial charge >= 0.3 is 0 Å². The van der Waals surface area contributed by atoms with Crippen LogP contribution in [0.15, 0.2) is 24.3 Å². The summed E-state index contributed by atoms with van der Waals surface area (Å²) in [6.45, 7) is 7.85. The number of rotatable bonds is 8. The first-order valence-corrected chi connectivity index (χ1v) is 7.32. The van der Waals surface area contributed by atoms with Crippen molar-refractivity contribution in [2.45, 2.75) is 39.4 Å². The highest BCUT2D eigenvalue weighted by molar-refractivity contribution is 5.81. The minimum Gasteiger partial charge on any atom is -0.399 e. The first-order valence-electron chi connectivity index (χ1n) is 7.32. The molecule has 0 aromatic heterocycles. The number of benzene rings is 1. The quantitative estimate of drug-likeness (QED) is 0.565. The number of methoxy groups -OCH3 is 1. The Morgan fingerprint density at radius 1 is 1.38 bits per heavy atom. The summed E-state index contributed by atoms with van der Waals surface area (Å²) in [5.74, 6) is 0.0182. The molecular weight excluding hydrogens is 266 g/mol. The molecule has 0 heterocycles. The van der Waals surface area contributed by atoms with Gasteiger partial charge in [0, 0.05) is 31.9 Å². The summed E-state index contributed by atoms with van der Waals surface area (Å²) >= 11 is 0. The van der Waals surface area contributed by atoms with Gasteiger partial charge in [0.2, 0.25) is 5.91 Å². The fourth-order valence-electron chi connectivity index (χ4n) is 2.24. The lowest BCUT2D eigenvalue weighted by Gasteiger charge is -2.32. The van der Waals surface area contributed by atoms with E-state index in [0.717, 1.165) is 11.3 Å². The molecule has 1 rings (SSSR count). The maximum Gasteiger partial charge on any atom is 0.237 e. The number of nitrogens with one attached hydrogen (secondary N) is 1. The van der Waals surface area contributed by atoms with Crippen molar-refractivity contribution in [3.05, 3.63) is 29.8 Å². The van der Waals surface area contributed by atoms with Crippen LogP contribution < -0.4 is 11.1 Å². The first kappa shape index (κ1) is 17.5. The molecule has 0 aliphatic carbocycles. The molecule has 0 aliphatic heterocycles. The van der Waals surface area contributed by atoms with E-state index in [4.69, 9.17) is 10.5 Å². The molecule has 1 aromatic carbocycles. The highest BCUT2D eigenvalue weighted by Crippen LogP contribution is 2.14. The summed E-state index contributed by atoms with van der Waals surface area (Å²) in [5.41, 5.74) is 7.67.